The van der Waals surface area contributed by atoms with Crippen LogP contribution in [0.3, 0.4) is 0 Å². The maximum atomic E-state index is 13.0. The lowest BCUT2D eigenvalue weighted by Gasteiger charge is -2.22. The van der Waals surface area contributed by atoms with E-state index in [-0.39, 0.29) is 5.82 Å². The first kappa shape index (κ1) is 20.6. The lowest BCUT2D eigenvalue weighted by Crippen LogP contribution is -2.26. The van der Waals surface area contributed by atoms with Gasteiger partial charge in [-0.15, -0.1) is 0 Å². The van der Waals surface area contributed by atoms with E-state index in [2.05, 4.69) is 27.2 Å². The summed E-state index contributed by atoms with van der Waals surface area (Å²) in [5, 5.41) is 7.58. The van der Waals surface area contributed by atoms with Crippen molar-refractivity contribution in [3.05, 3.63) is 76.9 Å². The third-order valence-corrected chi connectivity index (χ3v) is 5.97. The van der Waals surface area contributed by atoms with Gasteiger partial charge >= 0.3 is 0 Å². The van der Waals surface area contributed by atoms with Crippen LogP contribution in [0.4, 0.5) is 4.39 Å². The van der Waals surface area contributed by atoms with Crippen LogP contribution in [0, 0.1) is 5.82 Å². The van der Waals surface area contributed by atoms with Crippen LogP contribution >= 0.6 is 0 Å². The van der Waals surface area contributed by atoms with E-state index in [1.165, 1.54) is 17.7 Å². The summed E-state index contributed by atoms with van der Waals surface area (Å²) in [5.74, 6) is 2.50. The normalized spacial score (nSPS) is 18.1. The fraction of sp³-hybridized carbons (Fsp3) is 0.320. The Morgan fingerprint density at radius 2 is 2.00 bits per heavy atom. The molecule has 1 fully saturated rings. The molecule has 0 bridgehead atoms. The fourth-order valence-corrected chi connectivity index (χ4v) is 4.28. The van der Waals surface area contributed by atoms with E-state index < -0.39 is 0 Å². The van der Waals surface area contributed by atoms with Crippen molar-refractivity contribution in [2.75, 3.05) is 33.4 Å². The molecule has 3 aromatic rings. The number of nitrogens with zero attached hydrogens (tertiary/aromatic N) is 2. The van der Waals surface area contributed by atoms with Crippen molar-refractivity contribution in [1.29, 1.82) is 0 Å². The zero-order chi connectivity index (χ0) is 21.9. The van der Waals surface area contributed by atoms with Gasteiger partial charge in [0.2, 0.25) is 0 Å². The maximum absolute atomic E-state index is 13.0. The number of hydrogen-bond acceptors (Lipinski definition) is 5. The van der Waals surface area contributed by atoms with E-state index in [1.54, 1.807) is 19.2 Å². The minimum Gasteiger partial charge on any atom is -0.497 e. The number of hydrogen-bond donors (Lipinski definition) is 1. The van der Waals surface area contributed by atoms with Gasteiger partial charge in [0.15, 0.2) is 0 Å². The van der Waals surface area contributed by atoms with Crippen molar-refractivity contribution < 1.29 is 18.6 Å². The highest BCUT2D eigenvalue weighted by atomic mass is 19.1. The van der Waals surface area contributed by atoms with E-state index in [0.29, 0.717) is 24.9 Å². The molecule has 5 rings (SSSR count). The fourth-order valence-electron chi connectivity index (χ4n) is 4.28. The molecule has 6 nitrogen and oxygen atoms in total. The van der Waals surface area contributed by atoms with E-state index in [9.17, 15) is 4.39 Å². The van der Waals surface area contributed by atoms with Gasteiger partial charge < -0.3 is 14.2 Å². The second-order valence-corrected chi connectivity index (χ2v) is 8.28. The summed E-state index contributed by atoms with van der Waals surface area (Å²) in [6.45, 7) is 3.88. The number of ether oxygens (including phenoxy) is 3. The molecular weight excluding hydrogens is 409 g/mol. The van der Waals surface area contributed by atoms with Gasteiger partial charge in [-0.05, 0) is 73.1 Å². The summed E-state index contributed by atoms with van der Waals surface area (Å²) in [4.78, 5) is 2.45. The molecule has 1 atom stereocenters. The van der Waals surface area contributed by atoms with Gasteiger partial charge in [-0.25, -0.2) is 4.39 Å². The maximum Gasteiger partial charge on any atom is 0.130 e. The van der Waals surface area contributed by atoms with Crippen molar-refractivity contribution in [3.63, 3.8) is 0 Å². The molecule has 0 radical (unpaired) electrons. The Morgan fingerprint density at radius 1 is 1.16 bits per heavy atom. The number of rotatable bonds is 7. The molecular formula is C25H26FN3O3. The average Bonchev–Trinajstić information content (AvgIpc) is 3.48. The van der Waals surface area contributed by atoms with Crippen LogP contribution in [-0.4, -0.2) is 48.4 Å². The summed E-state index contributed by atoms with van der Waals surface area (Å²) < 4.78 is 30.0. The highest BCUT2D eigenvalue weighted by Crippen LogP contribution is 2.32. The summed E-state index contributed by atoms with van der Waals surface area (Å²) in [5.41, 5.74) is 4.31. The average molecular weight is 435 g/mol. The van der Waals surface area contributed by atoms with Crippen LogP contribution in [0.5, 0.6) is 17.2 Å². The monoisotopic (exact) mass is 435 g/mol. The smallest absolute Gasteiger partial charge is 0.130 e. The Kier molecular flexibility index (Phi) is 5.81. The molecule has 3 heterocycles. The van der Waals surface area contributed by atoms with Crippen LogP contribution in [0.2, 0.25) is 0 Å². The first-order valence-electron chi connectivity index (χ1n) is 10.8. The van der Waals surface area contributed by atoms with Crippen LogP contribution in [0.15, 0.2) is 54.1 Å². The number of H-pyrrole nitrogens is 1. The van der Waals surface area contributed by atoms with Crippen molar-refractivity contribution in [3.8, 4) is 17.2 Å². The van der Waals surface area contributed by atoms with E-state index in [4.69, 9.17) is 14.2 Å². The minimum absolute atomic E-state index is 0.272. The summed E-state index contributed by atoms with van der Waals surface area (Å²) in [6, 6.07) is 14.0. The predicted octanol–water partition coefficient (Wildman–Crippen LogP) is 4.40. The van der Waals surface area contributed by atoms with Crippen LogP contribution in [-0.2, 0) is 6.61 Å². The van der Waals surface area contributed by atoms with Crippen molar-refractivity contribution >= 4 is 6.08 Å². The third-order valence-electron chi connectivity index (χ3n) is 5.97. The van der Waals surface area contributed by atoms with Gasteiger partial charge in [0.25, 0.3) is 0 Å². The van der Waals surface area contributed by atoms with E-state index in [0.717, 1.165) is 54.5 Å². The Balaban J connectivity index is 1.16. The number of nitrogens with one attached hydrogen (secondary N) is 1. The lowest BCUT2D eigenvalue weighted by molar-refractivity contribution is 0.300. The molecule has 1 aromatic heterocycles. The second kappa shape index (κ2) is 9.04. The third kappa shape index (κ3) is 4.62. The van der Waals surface area contributed by atoms with Crippen molar-refractivity contribution in [1.82, 2.24) is 15.1 Å². The number of aromatic amines is 1. The molecule has 0 spiro atoms. The number of benzene rings is 2. The number of likely N-dealkylation sites (tertiary alicyclic amines) is 1. The molecule has 2 aliphatic rings. The first-order chi connectivity index (χ1) is 15.7. The van der Waals surface area contributed by atoms with Crippen molar-refractivity contribution in [2.45, 2.75) is 18.9 Å². The lowest BCUT2D eigenvalue weighted by atomic mass is 10.0. The van der Waals surface area contributed by atoms with Gasteiger partial charge in [0, 0.05) is 24.6 Å². The molecule has 0 amide bonds. The Morgan fingerprint density at radius 3 is 2.84 bits per heavy atom. The van der Waals surface area contributed by atoms with Gasteiger partial charge in [-0.3, -0.25) is 10.00 Å². The SMILES string of the molecule is COc1ccc2c(c1)C=C(CN1CCC(c3cc(COc4ccc(F)cc4)[nH]n3)C1)CO2. The van der Waals surface area contributed by atoms with E-state index in [1.807, 2.05) is 18.2 Å². The van der Waals surface area contributed by atoms with Crippen LogP contribution in [0.1, 0.15) is 29.3 Å². The van der Waals surface area contributed by atoms with Gasteiger partial charge in [-0.1, -0.05) is 0 Å². The summed E-state index contributed by atoms with van der Waals surface area (Å²) in [6.07, 6.45) is 3.29. The number of methoxy groups -OCH3 is 1. The topological polar surface area (TPSA) is 59.6 Å². The molecule has 7 heteroatoms. The highest BCUT2D eigenvalue weighted by Gasteiger charge is 2.27. The summed E-state index contributed by atoms with van der Waals surface area (Å²) in [7, 11) is 1.68. The molecule has 166 valence electrons. The predicted molar refractivity (Wildman–Crippen MR) is 120 cm³/mol. The first-order valence-corrected chi connectivity index (χ1v) is 10.8. The van der Waals surface area contributed by atoms with E-state index >= 15 is 0 Å². The Hall–Kier alpha value is -3.32. The quantitative estimate of drug-likeness (QED) is 0.596. The standard InChI is InChI=1S/C25H26FN3O3/c1-30-23-6-7-25-19(11-23)10-17(15-32-25)13-29-9-8-18(14-29)24-12-21(27-28-24)16-31-22-4-2-20(26)3-5-22/h2-7,10-12,18H,8-9,13-16H2,1H3,(H,27,28). The Labute approximate surface area is 186 Å². The number of halogens is 1. The molecule has 0 aliphatic carbocycles. The van der Waals surface area contributed by atoms with Gasteiger partial charge in [-0.2, -0.15) is 5.10 Å². The zero-order valence-electron chi connectivity index (χ0n) is 18.0. The van der Waals surface area contributed by atoms with Crippen LogP contribution < -0.4 is 14.2 Å². The molecule has 0 saturated carbocycles. The Bertz CT molecular complexity index is 1110. The number of fused-ring (bicyclic) bond motifs is 1. The summed E-state index contributed by atoms with van der Waals surface area (Å²) >= 11 is 0. The van der Waals surface area contributed by atoms with Crippen molar-refractivity contribution in [2.24, 2.45) is 0 Å². The number of aromatic nitrogens is 2. The van der Waals surface area contributed by atoms with Gasteiger partial charge in [0.1, 0.15) is 36.3 Å². The second-order valence-electron chi connectivity index (χ2n) is 8.28. The van der Waals surface area contributed by atoms with Gasteiger partial charge in [0.05, 0.1) is 18.5 Å². The molecule has 1 N–H and O–H groups in total. The molecule has 2 aromatic carbocycles. The molecule has 32 heavy (non-hydrogen) atoms. The van der Waals surface area contributed by atoms with Crippen LogP contribution in [0.25, 0.3) is 6.08 Å². The zero-order valence-corrected chi connectivity index (χ0v) is 18.0. The molecule has 1 saturated heterocycles. The molecule has 2 aliphatic heterocycles. The largest absolute Gasteiger partial charge is 0.497 e. The molecule has 1 unspecified atom stereocenters. The minimum atomic E-state index is -0.272. The highest BCUT2D eigenvalue weighted by molar-refractivity contribution is 5.64.